The standard InChI is InChI=1S/C31H54O2/c1-5-6-7-8-9-10-11-12-13-14-15-16-17-18-19-20-21-22-23-28-25-29(31(32)33)24-27(4)30(28)26(2)3/h24-26H,5-23H2,1-4H3,(H,32,33). The molecule has 0 saturated heterocycles. The highest BCUT2D eigenvalue weighted by molar-refractivity contribution is 5.88. The van der Waals surface area contributed by atoms with E-state index in [1.807, 2.05) is 12.1 Å². The molecular formula is C31H54O2. The first-order valence-corrected chi connectivity index (χ1v) is 14.3. The fourth-order valence-electron chi connectivity index (χ4n) is 5.24. The fraction of sp³-hybridized carbons (Fsp3) is 0.774. The first-order valence-electron chi connectivity index (χ1n) is 14.3. The molecule has 0 aromatic heterocycles. The Bertz CT molecular complexity index is 632. The third-order valence-electron chi connectivity index (χ3n) is 7.10. The second-order valence-corrected chi connectivity index (χ2v) is 10.6. The summed E-state index contributed by atoms with van der Waals surface area (Å²) in [5.41, 5.74) is 4.17. The molecule has 0 amide bonds. The molecule has 0 fully saturated rings. The Morgan fingerprint density at radius 3 is 1.45 bits per heavy atom. The van der Waals surface area contributed by atoms with Crippen LogP contribution in [0.25, 0.3) is 0 Å². The smallest absolute Gasteiger partial charge is 0.335 e. The number of aryl methyl sites for hydroxylation is 2. The second-order valence-electron chi connectivity index (χ2n) is 10.6. The van der Waals surface area contributed by atoms with Crippen LogP contribution in [-0.2, 0) is 6.42 Å². The predicted octanol–water partition coefficient (Wildman–Crippen LogP) is 10.4. The average molecular weight is 459 g/mol. The minimum absolute atomic E-state index is 0.439. The van der Waals surface area contributed by atoms with Gasteiger partial charge in [0.15, 0.2) is 0 Å². The number of carboxylic acid groups (broad SMARTS) is 1. The lowest BCUT2D eigenvalue weighted by atomic mass is 9.88. The molecule has 190 valence electrons. The van der Waals surface area contributed by atoms with Gasteiger partial charge in [-0.3, -0.25) is 0 Å². The largest absolute Gasteiger partial charge is 0.478 e. The number of rotatable bonds is 21. The summed E-state index contributed by atoms with van der Waals surface area (Å²) in [4.78, 5) is 11.4. The molecule has 0 saturated carbocycles. The molecule has 1 N–H and O–H groups in total. The van der Waals surface area contributed by atoms with Crippen molar-refractivity contribution in [3.63, 3.8) is 0 Å². The van der Waals surface area contributed by atoms with Gasteiger partial charge in [0.1, 0.15) is 0 Å². The lowest BCUT2D eigenvalue weighted by Gasteiger charge is -2.17. The number of hydrogen-bond donors (Lipinski definition) is 1. The van der Waals surface area contributed by atoms with E-state index in [2.05, 4.69) is 27.7 Å². The van der Waals surface area contributed by atoms with Crippen LogP contribution in [0.5, 0.6) is 0 Å². The third kappa shape index (κ3) is 13.9. The highest BCUT2D eigenvalue weighted by Crippen LogP contribution is 2.27. The summed E-state index contributed by atoms with van der Waals surface area (Å²) in [6.07, 6.45) is 26.0. The van der Waals surface area contributed by atoms with E-state index < -0.39 is 5.97 Å². The average Bonchev–Trinajstić information content (AvgIpc) is 2.77. The number of aromatic carboxylic acids is 1. The molecule has 0 heterocycles. The van der Waals surface area contributed by atoms with E-state index in [0.717, 1.165) is 12.0 Å². The number of hydrogen-bond acceptors (Lipinski definition) is 1. The third-order valence-corrected chi connectivity index (χ3v) is 7.10. The van der Waals surface area contributed by atoms with Gasteiger partial charge in [0.25, 0.3) is 0 Å². The fourth-order valence-corrected chi connectivity index (χ4v) is 5.24. The Morgan fingerprint density at radius 1 is 0.697 bits per heavy atom. The van der Waals surface area contributed by atoms with Crippen molar-refractivity contribution in [3.8, 4) is 0 Å². The molecular weight excluding hydrogens is 404 g/mol. The Kier molecular flexibility index (Phi) is 17.2. The SMILES string of the molecule is CCCCCCCCCCCCCCCCCCCCc1cc(C(=O)O)cc(C)c1C(C)C. The molecule has 0 atom stereocenters. The lowest BCUT2D eigenvalue weighted by Crippen LogP contribution is -2.05. The molecule has 0 unspecified atom stereocenters. The highest BCUT2D eigenvalue weighted by atomic mass is 16.4. The molecule has 0 radical (unpaired) electrons. The molecule has 1 aromatic rings. The van der Waals surface area contributed by atoms with E-state index in [0.29, 0.717) is 11.5 Å². The van der Waals surface area contributed by atoms with E-state index in [4.69, 9.17) is 0 Å². The topological polar surface area (TPSA) is 37.3 Å². The summed E-state index contributed by atoms with van der Waals surface area (Å²) in [5, 5.41) is 9.39. The van der Waals surface area contributed by atoms with Crippen LogP contribution in [0.2, 0.25) is 0 Å². The van der Waals surface area contributed by atoms with Crippen LogP contribution in [0.3, 0.4) is 0 Å². The molecule has 33 heavy (non-hydrogen) atoms. The first kappa shape index (κ1) is 29.7. The Labute approximate surface area is 206 Å². The molecule has 1 rings (SSSR count). The number of benzene rings is 1. The molecule has 2 heteroatoms. The zero-order valence-electron chi connectivity index (χ0n) is 22.5. The molecule has 0 aliphatic rings. The van der Waals surface area contributed by atoms with Crippen LogP contribution in [0.4, 0.5) is 0 Å². The summed E-state index contributed by atoms with van der Waals surface area (Å²) < 4.78 is 0. The quantitative estimate of drug-likeness (QED) is 0.186. The van der Waals surface area contributed by atoms with Crippen molar-refractivity contribution in [1.82, 2.24) is 0 Å². The van der Waals surface area contributed by atoms with Crippen molar-refractivity contribution in [2.24, 2.45) is 0 Å². The van der Waals surface area contributed by atoms with Crippen LogP contribution in [0.15, 0.2) is 12.1 Å². The Hall–Kier alpha value is -1.31. The van der Waals surface area contributed by atoms with Crippen molar-refractivity contribution in [1.29, 1.82) is 0 Å². The predicted molar refractivity (Wildman–Crippen MR) is 145 cm³/mol. The summed E-state index contributed by atoms with van der Waals surface area (Å²) in [6.45, 7) is 8.77. The van der Waals surface area contributed by atoms with Gasteiger partial charge in [-0.15, -0.1) is 0 Å². The van der Waals surface area contributed by atoms with Crippen molar-refractivity contribution in [2.75, 3.05) is 0 Å². The van der Waals surface area contributed by atoms with E-state index >= 15 is 0 Å². The summed E-state index contributed by atoms with van der Waals surface area (Å²) >= 11 is 0. The zero-order chi connectivity index (χ0) is 24.3. The van der Waals surface area contributed by atoms with Gasteiger partial charge in [0.05, 0.1) is 5.56 Å². The highest BCUT2D eigenvalue weighted by Gasteiger charge is 2.14. The number of unbranched alkanes of at least 4 members (excludes halogenated alkanes) is 17. The van der Waals surface area contributed by atoms with Crippen molar-refractivity contribution in [3.05, 3.63) is 34.4 Å². The van der Waals surface area contributed by atoms with Crippen molar-refractivity contribution < 1.29 is 9.90 Å². The maximum atomic E-state index is 11.4. The lowest BCUT2D eigenvalue weighted by molar-refractivity contribution is 0.0696. The van der Waals surface area contributed by atoms with E-state index in [9.17, 15) is 9.90 Å². The maximum absolute atomic E-state index is 11.4. The van der Waals surface area contributed by atoms with Gasteiger partial charge < -0.3 is 5.11 Å². The Morgan fingerprint density at radius 2 is 1.09 bits per heavy atom. The number of carboxylic acids is 1. The van der Waals surface area contributed by atoms with Crippen LogP contribution in [-0.4, -0.2) is 11.1 Å². The van der Waals surface area contributed by atoms with Crippen LogP contribution < -0.4 is 0 Å². The minimum atomic E-state index is -0.813. The summed E-state index contributed by atoms with van der Waals surface area (Å²) in [7, 11) is 0. The summed E-state index contributed by atoms with van der Waals surface area (Å²) in [6, 6.07) is 3.75. The van der Waals surface area contributed by atoms with Crippen LogP contribution in [0.1, 0.15) is 169 Å². The molecule has 0 spiro atoms. The molecule has 0 bridgehead atoms. The van der Waals surface area contributed by atoms with Gasteiger partial charge in [-0.2, -0.15) is 0 Å². The molecule has 0 aliphatic carbocycles. The van der Waals surface area contributed by atoms with Gasteiger partial charge in [-0.1, -0.05) is 130 Å². The summed E-state index contributed by atoms with van der Waals surface area (Å²) in [5.74, 6) is -0.370. The molecule has 1 aromatic carbocycles. The monoisotopic (exact) mass is 458 g/mol. The van der Waals surface area contributed by atoms with E-state index in [-0.39, 0.29) is 0 Å². The number of carbonyl (C=O) groups is 1. The first-order chi connectivity index (χ1) is 16.0. The Balaban J connectivity index is 2.02. The van der Waals surface area contributed by atoms with Crippen LogP contribution in [0, 0.1) is 6.92 Å². The van der Waals surface area contributed by atoms with Gasteiger partial charge in [0, 0.05) is 0 Å². The van der Waals surface area contributed by atoms with Crippen molar-refractivity contribution in [2.45, 2.75) is 156 Å². The van der Waals surface area contributed by atoms with Crippen molar-refractivity contribution >= 4 is 5.97 Å². The van der Waals surface area contributed by atoms with Crippen LogP contribution >= 0.6 is 0 Å². The molecule has 0 aliphatic heterocycles. The van der Waals surface area contributed by atoms with Gasteiger partial charge in [-0.25, -0.2) is 4.79 Å². The molecule has 2 nitrogen and oxygen atoms in total. The maximum Gasteiger partial charge on any atom is 0.335 e. The second kappa shape index (κ2) is 19.0. The van der Waals surface area contributed by atoms with E-state index in [1.54, 1.807) is 0 Å². The van der Waals surface area contributed by atoms with Gasteiger partial charge >= 0.3 is 5.97 Å². The van der Waals surface area contributed by atoms with Gasteiger partial charge in [-0.05, 0) is 54.5 Å². The van der Waals surface area contributed by atoms with E-state index in [1.165, 1.54) is 127 Å². The zero-order valence-corrected chi connectivity index (χ0v) is 22.5. The minimum Gasteiger partial charge on any atom is -0.478 e. The normalized spacial score (nSPS) is 11.4. The van der Waals surface area contributed by atoms with Gasteiger partial charge in [0.2, 0.25) is 0 Å².